The van der Waals surface area contributed by atoms with E-state index in [0.717, 1.165) is 29.6 Å². The molecule has 1 aromatic carbocycles. The Bertz CT molecular complexity index is 655. The number of hydrogen-bond donors (Lipinski definition) is 1. The zero-order valence-electron chi connectivity index (χ0n) is 12.7. The smallest absolute Gasteiger partial charge is 0.278 e. The minimum Gasteiger partial charge on any atom is -0.382 e. The zero-order chi connectivity index (χ0) is 15.4. The molecule has 0 saturated heterocycles. The molecule has 0 saturated carbocycles. The number of fused-ring (bicyclic) bond motifs is 1. The molecule has 0 bridgehead atoms. The number of benzene rings is 1. The summed E-state index contributed by atoms with van der Waals surface area (Å²) in [7, 11) is 0. The Morgan fingerprint density at radius 1 is 1.38 bits per heavy atom. The summed E-state index contributed by atoms with van der Waals surface area (Å²) in [4.78, 5) is 15.0. The molecular formula is C16H21N3O2. The number of aryl methyl sites for hydroxylation is 1. The Kier molecular flexibility index (Phi) is 4.73. The molecule has 2 rings (SSSR count). The lowest BCUT2D eigenvalue weighted by Gasteiger charge is -2.17. The highest BCUT2D eigenvalue weighted by Crippen LogP contribution is 2.32. The van der Waals surface area contributed by atoms with Crippen LogP contribution in [-0.2, 0) is 0 Å². The molecule has 0 aliphatic carbocycles. The lowest BCUT2D eigenvalue weighted by Crippen LogP contribution is -2.15. The van der Waals surface area contributed by atoms with Crippen LogP contribution in [0, 0.1) is 17.0 Å². The van der Waals surface area contributed by atoms with Gasteiger partial charge in [0, 0.05) is 35.1 Å². The summed E-state index contributed by atoms with van der Waals surface area (Å²) in [5.74, 6) is 0. The molecule has 0 spiro atoms. The Morgan fingerprint density at radius 3 is 2.81 bits per heavy atom. The molecule has 5 heteroatoms. The van der Waals surface area contributed by atoms with Gasteiger partial charge >= 0.3 is 0 Å². The van der Waals surface area contributed by atoms with Gasteiger partial charge in [0.05, 0.1) is 10.3 Å². The summed E-state index contributed by atoms with van der Waals surface area (Å²) in [6.45, 7) is 6.20. The van der Waals surface area contributed by atoms with E-state index in [-0.39, 0.29) is 10.6 Å². The molecule has 2 aromatic rings. The quantitative estimate of drug-likeness (QED) is 0.630. The molecular weight excluding hydrogens is 266 g/mol. The number of rotatable bonds is 6. The van der Waals surface area contributed by atoms with Crippen LogP contribution in [0.5, 0.6) is 0 Å². The first-order valence-corrected chi connectivity index (χ1v) is 7.33. The summed E-state index contributed by atoms with van der Waals surface area (Å²) in [5, 5.41) is 16.0. The van der Waals surface area contributed by atoms with E-state index in [1.165, 1.54) is 6.42 Å². The number of pyridine rings is 1. The minimum atomic E-state index is -0.358. The second-order valence-corrected chi connectivity index (χ2v) is 5.45. The van der Waals surface area contributed by atoms with Crippen molar-refractivity contribution >= 4 is 22.1 Å². The monoisotopic (exact) mass is 287 g/mol. The van der Waals surface area contributed by atoms with Crippen LogP contribution < -0.4 is 5.32 Å². The molecule has 0 fully saturated rings. The van der Waals surface area contributed by atoms with Crippen molar-refractivity contribution in [2.75, 3.05) is 5.32 Å². The van der Waals surface area contributed by atoms with Crippen LogP contribution in [-0.4, -0.2) is 15.9 Å². The minimum absolute atomic E-state index is 0.101. The fourth-order valence-electron chi connectivity index (χ4n) is 2.46. The van der Waals surface area contributed by atoms with Gasteiger partial charge in [0.2, 0.25) is 0 Å². The maximum atomic E-state index is 11.1. The van der Waals surface area contributed by atoms with E-state index in [1.54, 1.807) is 18.3 Å². The number of nitro groups is 1. The maximum absolute atomic E-state index is 11.1. The molecule has 112 valence electrons. The second kappa shape index (κ2) is 6.52. The third kappa shape index (κ3) is 3.48. The first-order chi connectivity index (χ1) is 10.0. The molecule has 1 heterocycles. The Hall–Kier alpha value is -2.17. The summed E-state index contributed by atoms with van der Waals surface area (Å²) in [6, 6.07) is 5.58. The Labute approximate surface area is 124 Å². The molecule has 5 nitrogen and oxygen atoms in total. The number of nitro benzene ring substituents is 1. The maximum Gasteiger partial charge on any atom is 0.278 e. The van der Waals surface area contributed by atoms with Gasteiger partial charge in [-0.25, -0.2) is 0 Å². The number of nitrogens with one attached hydrogen (secondary N) is 1. The van der Waals surface area contributed by atoms with Gasteiger partial charge in [-0.2, -0.15) is 0 Å². The number of unbranched alkanes of at least 4 members (excludes halogenated alkanes) is 1. The number of non-ortho nitro benzene ring substituents is 1. The Balaban J connectivity index is 2.42. The largest absolute Gasteiger partial charge is 0.382 e. The molecule has 1 aromatic heterocycles. The molecule has 1 atom stereocenters. The van der Waals surface area contributed by atoms with Gasteiger partial charge in [0.1, 0.15) is 0 Å². The number of hydrogen-bond acceptors (Lipinski definition) is 4. The van der Waals surface area contributed by atoms with Crippen molar-refractivity contribution in [1.82, 2.24) is 4.98 Å². The van der Waals surface area contributed by atoms with Gasteiger partial charge < -0.3 is 5.32 Å². The average molecular weight is 287 g/mol. The first kappa shape index (κ1) is 15.2. The predicted molar refractivity (Wildman–Crippen MR) is 85.7 cm³/mol. The summed E-state index contributed by atoms with van der Waals surface area (Å²) in [6.07, 6.45) is 5.00. The normalized spacial score (nSPS) is 12.3. The van der Waals surface area contributed by atoms with E-state index in [1.807, 2.05) is 13.0 Å². The predicted octanol–water partition coefficient (Wildman–Crippen LogP) is 4.44. The van der Waals surface area contributed by atoms with Crippen LogP contribution in [0.4, 0.5) is 11.4 Å². The fraction of sp³-hybridized carbons (Fsp3) is 0.438. The van der Waals surface area contributed by atoms with Gasteiger partial charge in [-0.05, 0) is 32.4 Å². The Morgan fingerprint density at radius 2 is 2.14 bits per heavy atom. The molecule has 1 N–H and O–H groups in total. The number of aromatic nitrogens is 1. The van der Waals surface area contributed by atoms with Crippen molar-refractivity contribution in [1.29, 1.82) is 0 Å². The van der Waals surface area contributed by atoms with Crippen molar-refractivity contribution in [2.45, 2.75) is 46.1 Å². The average Bonchev–Trinajstić information content (AvgIpc) is 2.45. The van der Waals surface area contributed by atoms with Crippen molar-refractivity contribution in [3.63, 3.8) is 0 Å². The third-order valence-electron chi connectivity index (χ3n) is 3.60. The van der Waals surface area contributed by atoms with Crippen LogP contribution in [0.15, 0.2) is 24.4 Å². The van der Waals surface area contributed by atoms with Crippen molar-refractivity contribution in [3.8, 4) is 0 Å². The second-order valence-electron chi connectivity index (χ2n) is 5.45. The van der Waals surface area contributed by atoms with E-state index >= 15 is 0 Å². The number of anilines is 1. The molecule has 1 unspecified atom stereocenters. The van der Waals surface area contributed by atoms with Crippen molar-refractivity contribution < 1.29 is 4.92 Å². The van der Waals surface area contributed by atoms with Gasteiger partial charge in [-0.1, -0.05) is 19.8 Å². The van der Waals surface area contributed by atoms with Crippen LogP contribution in [0.2, 0.25) is 0 Å². The molecule has 0 aliphatic rings. The summed E-state index contributed by atoms with van der Waals surface area (Å²) in [5.41, 5.74) is 1.89. The van der Waals surface area contributed by atoms with E-state index < -0.39 is 0 Å². The highest BCUT2D eigenvalue weighted by Gasteiger charge is 2.15. The topological polar surface area (TPSA) is 68.1 Å². The lowest BCUT2D eigenvalue weighted by atomic mass is 10.1. The van der Waals surface area contributed by atoms with E-state index in [4.69, 9.17) is 0 Å². The van der Waals surface area contributed by atoms with E-state index in [9.17, 15) is 10.1 Å². The molecule has 21 heavy (non-hydrogen) atoms. The van der Waals surface area contributed by atoms with E-state index in [2.05, 4.69) is 24.1 Å². The zero-order valence-corrected chi connectivity index (χ0v) is 12.7. The van der Waals surface area contributed by atoms with E-state index in [0.29, 0.717) is 11.4 Å². The van der Waals surface area contributed by atoms with Gasteiger partial charge in [-0.3, -0.25) is 15.1 Å². The van der Waals surface area contributed by atoms with Crippen molar-refractivity contribution in [3.05, 3.63) is 40.2 Å². The highest BCUT2D eigenvalue weighted by atomic mass is 16.6. The lowest BCUT2D eigenvalue weighted by molar-refractivity contribution is -0.383. The van der Waals surface area contributed by atoms with Crippen LogP contribution in [0.1, 0.15) is 38.8 Å². The highest BCUT2D eigenvalue weighted by molar-refractivity contribution is 5.99. The fourth-order valence-corrected chi connectivity index (χ4v) is 2.46. The van der Waals surface area contributed by atoms with Crippen LogP contribution in [0.3, 0.4) is 0 Å². The molecule has 0 amide bonds. The van der Waals surface area contributed by atoms with Crippen LogP contribution >= 0.6 is 0 Å². The standard InChI is InChI=1S/C16H21N3O2/c1-4-5-6-11(2)18-15-7-8-16(19(20)21)14-10-17-12(3)9-13(14)15/h7-11,18H,4-6H2,1-3H3. The van der Waals surface area contributed by atoms with Gasteiger partial charge in [0.25, 0.3) is 5.69 Å². The summed E-state index contributed by atoms with van der Waals surface area (Å²) < 4.78 is 0. The van der Waals surface area contributed by atoms with Gasteiger partial charge in [0.15, 0.2) is 0 Å². The first-order valence-electron chi connectivity index (χ1n) is 7.33. The SMILES string of the molecule is CCCCC(C)Nc1ccc([N+](=O)[O-])c2cnc(C)cc12. The van der Waals surface area contributed by atoms with Crippen molar-refractivity contribution in [2.24, 2.45) is 0 Å². The van der Waals surface area contributed by atoms with Gasteiger partial charge in [-0.15, -0.1) is 0 Å². The summed E-state index contributed by atoms with van der Waals surface area (Å²) >= 11 is 0. The molecule has 0 aliphatic heterocycles. The number of nitrogens with zero attached hydrogens (tertiary/aromatic N) is 2. The molecule has 0 radical (unpaired) electrons. The third-order valence-corrected chi connectivity index (χ3v) is 3.60. The van der Waals surface area contributed by atoms with Crippen LogP contribution in [0.25, 0.3) is 10.8 Å².